The first-order valence-electron chi connectivity index (χ1n) is 4.69. The molecule has 0 amide bonds. The Hall–Kier alpha value is -1.47. The fourth-order valence-corrected chi connectivity index (χ4v) is 2.33. The van der Waals surface area contributed by atoms with E-state index in [1.807, 2.05) is 41.7 Å². The molecule has 0 saturated carbocycles. The molecule has 2 aromatic rings. The molecule has 1 heterocycles. The summed E-state index contributed by atoms with van der Waals surface area (Å²) in [5.41, 5.74) is 1.82. The lowest BCUT2D eigenvalue weighted by atomic mass is 10.3. The normalized spacial score (nSPS) is 10.8. The minimum absolute atomic E-state index is 0.0938. The Bertz CT molecular complexity index is 491. The van der Waals surface area contributed by atoms with E-state index < -0.39 is 0 Å². The number of hydrogen-bond donors (Lipinski definition) is 0. The van der Waals surface area contributed by atoms with Crippen molar-refractivity contribution in [2.24, 2.45) is 0 Å². The number of rotatable bonds is 2. The van der Waals surface area contributed by atoms with Crippen molar-refractivity contribution in [3.8, 4) is 5.69 Å². The summed E-state index contributed by atoms with van der Waals surface area (Å²) < 4.78 is 1.83. The quantitative estimate of drug-likeness (QED) is 0.726. The third-order valence-corrected chi connectivity index (χ3v) is 3.45. The van der Waals surface area contributed by atoms with E-state index in [1.165, 1.54) is 0 Å². The zero-order chi connectivity index (χ0) is 10.8. The number of para-hydroxylation sites is 1. The Kier molecular flexibility index (Phi) is 2.65. The second-order valence-electron chi connectivity index (χ2n) is 3.32. The van der Waals surface area contributed by atoms with E-state index in [2.05, 4.69) is 5.10 Å². The smallest absolute Gasteiger partial charge is 0.167 e. The number of aryl methyl sites for hydroxylation is 1. The van der Waals surface area contributed by atoms with Gasteiger partial charge in [-0.05, 0) is 26.0 Å². The average molecular weight is 218 g/mol. The topological polar surface area (TPSA) is 34.9 Å². The van der Waals surface area contributed by atoms with Crippen molar-refractivity contribution < 1.29 is 4.79 Å². The minimum atomic E-state index is 0.0938. The fraction of sp³-hybridized carbons (Fsp3) is 0.182. The van der Waals surface area contributed by atoms with Gasteiger partial charge in [0.25, 0.3) is 0 Å². The monoisotopic (exact) mass is 218 g/mol. The molecule has 0 aliphatic carbocycles. The molecule has 1 aromatic carbocycles. The lowest BCUT2D eigenvalue weighted by Crippen LogP contribution is -1.91. The lowest BCUT2D eigenvalue weighted by Gasteiger charge is -1.97. The van der Waals surface area contributed by atoms with Gasteiger partial charge in [-0.2, -0.15) is 5.10 Å². The van der Waals surface area contributed by atoms with Crippen LogP contribution in [0.1, 0.15) is 22.7 Å². The zero-order valence-electron chi connectivity index (χ0n) is 8.64. The Morgan fingerprint density at radius 3 is 2.53 bits per heavy atom. The summed E-state index contributed by atoms with van der Waals surface area (Å²) in [5, 5.41) is 5.12. The molecule has 0 radical (unpaired) electrons. The van der Waals surface area contributed by atoms with Crippen molar-refractivity contribution >= 4 is 14.1 Å². The number of carbonyl (C=O) groups is 1. The standard InChI is InChI=1S/C11H11N2OP/c1-8-11(9(2)14)15-13(12-8)10-6-4-3-5-7-10/h3-7H,1-2H3. The highest BCUT2D eigenvalue weighted by Gasteiger charge is 2.10. The van der Waals surface area contributed by atoms with E-state index in [0.717, 1.165) is 25.0 Å². The fourth-order valence-electron chi connectivity index (χ4n) is 1.38. The summed E-state index contributed by atoms with van der Waals surface area (Å²) in [4.78, 5) is 11.3. The van der Waals surface area contributed by atoms with Gasteiger partial charge in [0.1, 0.15) is 0 Å². The number of aromatic nitrogens is 2. The number of carbonyl (C=O) groups excluding carboxylic acids is 1. The number of hydrogen-bond acceptors (Lipinski definition) is 2. The number of benzene rings is 1. The van der Waals surface area contributed by atoms with Crippen LogP contribution in [0.2, 0.25) is 0 Å². The number of nitrogens with zero attached hydrogens (tertiary/aromatic N) is 2. The van der Waals surface area contributed by atoms with Gasteiger partial charge in [0, 0.05) is 0 Å². The molecule has 1 aromatic heterocycles. The highest BCUT2D eigenvalue weighted by Crippen LogP contribution is 2.22. The van der Waals surface area contributed by atoms with Gasteiger partial charge >= 0.3 is 0 Å². The van der Waals surface area contributed by atoms with Crippen LogP contribution in [-0.2, 0) is 0 Å². The molecular formula is C11H11N2OP. The molecule has 0 unspecified atom stereocenters. The predicted molar refractivity (Wildman–Crippen MR) is 60.8 cm³/mol. The average Bonchev–Trinajstić information content (AvgIpc) is 2.62. The van der Waals surface area contributed by atoms with E-state index in [4.69, 9.17) is 0 Å². The third kappa shape index (κ3) is 1.97. The predicted octanol–water partition coefficient (Wildman–Crippen LogP) is 2.96. The molecular weight excluding hydrogens is 207 g/mol. The molecule has 0 aliphatic heterocycles. The summed E-state index contributed by atoms with van der Waals surface area (Å²) in [6.07, 6.45) is 0. The zero-order valence-corrected chi connectivity index (χ0v) is 9.53. The summed E-state index contributed by atoms with van der Waals surface area (Å²) in [5.74, 6) is 0.0938. The van der Waals surface area contributed by atoms with Gasteiger partial charge in [-0.15, -0.1) is 0 Å². The van der Waals surface area contributed by atoms with Crippen LogP contribution in [0.4, 0.5) is 0 Å². The second-order valence-corrected chi connectivity index (χ2v) is 4.34. The lowest BCUT2D eigenvalue weighted by molar-refractivity contribution is 0.102. The molecule has 4 heteroatoms. The Morgan fingerprint density at radius 2 is 2.00 bits per heavy atom. The van der Waals surface area contributed by atoms with Crippen molar-refractivity contribution in [1.29, 1.82) is 0 Å². The van der Waals surface area contributed by atoms with E-state index in [1.54, 1.807) is 6.92 Å². The maximum absolute atomic E-state index is 11.3. The van der Waals surface area contributed by atoms with Gasteiger partial charge < -0.3 is 0 Å². The number of ketones is 1. The molecule has 0 spiro atoms. The molecule has 3 nitrogen and oxygen atoms in total. The van der Waals surface area contributed by atoms with Crippen molar-refractivity contribution in [2.45, 2.75) is 13.8 Å². The largest absolute Gasteiger partial charge is 0.294 e. The highest BCUT2D eigenvalue weighted by atomic mass is 31.0. The highest BCUT2D eigenvalue weighted by molar-refractivity contribution is 7.28. The van der Waals surface area contributed by atoms with Crippen LogP contribution >= 0.6 is 8.35 Å². The molecule has 0 bridgehead atoms. The second kappa shape index (κ2) is 3.95. The molecule has 15 heavy (non-hydrogen) atoms. The van der Waals surface area contributed by atoms with Crippen LogP contribution in [0.25, 0.3) is 5.69 Å². The van der Waals surface area contributed by atoms with Crippen molar-refractivity contribution in [2.75, 3.05) is 0 Å². The molecule has 0 atom stereocenters. The molecule has 0 aliphatic rings. The van der Waals surface area contributed by atoms with Gasteiger partial charge in [0.05, 0.1) is 25.0 Å². The molecule has 0 saturated heterocycles. The van der Waals surface area contributed by atoms with Gasteiger partial charge in [0.2, 0.25) is 0 Å². The summed E-state index contributed by atoms with van der Waals surface area (Å²) in [6.45, 7) is 3.45. The van der Waals surface area contributed by atoms with Crippen LogP contribution in [0.5, 0.6) is 0 Å². The van der Waals surface area contributed by atoms with Gasteiger partial charge in [-0.3, -0.25) is 4.79 Å². The Labute approximate surface area is 89.9 Å². The summed E-state index contributed by atoms with van der Waals surface area (Å²) >= 11 is 0. The first kappa shape index (κ1) is 10.1. The molecule has 0 N–H and O–H groups in total. The van der Waals surface area contributed by atoms with E-state index in [0.29, 0.717) is 0 Å². The van der Waals surface area contributed by atoms with Crippen LogP contribution < -0.4 is 0 Å². The van der Waals surface area contributed by atoms with Crippen molar-refractivity contribution in [1.82, 2.24) is 9.54 Å². The first-order valence-corrected chi connectivity index (χ1v) is 5.53. The van der Waals surface area contributed by atoms with Crippen molar-refractivity contribution in [3.63, 3.8) is 0 Å². The van der Waals surface area contributed by atoms with E-state index >= 15 is 0 Å². The third-order valence-electron chi connectivity index (χ3n) is 2.10. The summed E-state index contributed by atoms with van der Waals surface area (Å²) in [7, 11) is 0.851. The van der Waals surface area contributed by atoms with E-state index in [-0.39, 0.29) is 5.78 Å². The van der Waals surface area contributed by atoms with Crippen LogP contribution in [0.15, 0.2) is 30.3 Å². The Balaban J connectivity index is 2.48. The van der Waals surface area contributed by atoms with Crippen LogP contribution in [-0.4, -0.2) is 15.3 Å². The molecule has 76 valence electrons. The summed E-state index contributed by atoms with van der Waals surface area (Å²) in [6, 6.07) is 9.84. The number of Topliss-reactive ketones (excluding diaryl/α,β-unsaturated/α-hetero) is 1. The van der Waals surface area contributed by atoms with Crippen LogP contribution in [0, 0.1) is 6.92 Å². The SMILES string of the molecule is CC(=O)c1pn(-c2ccccc2)nc1C. The molecule has 2 rings (SSSR count). The Morgan fingerprint density at radius 1 is 1.33 bits per heavy atom. The van der Waals surface area contributed by atoms with Gasteiger partial charge in [-0.1, -0.05) is 18.2 Å². The molecule has 0 fully saturated rings. The first-order chi connectivity index (χ1) is 7.18. The van der Waals surface area contributed by atoms with Gasteiger partial charge in [-0.25, -0.2) is 4.44 Å². The van der Waals surface area contributed by atoms with Crippen molar-refractivity contribution in [3.05, 3.63) is 41.3 Å². The minimum Gasteiger partial charge on any atom is -0.294 e. The maximum atomic E-state index is 11.3. The van der Waals surface area contributed by atoms with Crippen LogP contribution in [0.3, 0.4) is 0 Å². The maximum Gasteiger partial charge on any atom is 0.167 e. The van der Waals surface area contributed by atoms with Gasteiger partial charge in [0.15, 0.2) is 5.78 Å². The van der Waals surface area contributed by atoms with E-state index in [9.17, 15) is 4.79 Å².